The highest BCUT2D eigenvalue weighted by atomic mass is 32.1. The number of rotatable bonds is 7. The second-order valence-corrected chi connectivity index (χ2v) is 9.35. The third-order valence-electron chi connectivity index (χ3n) is 4.87. The van der Waals surface area contributed by atoms with E-state index >= 15 is 0 Å². The fourth-order valence-electron chi connectivity index (χ4n) is 2.98. The van der Waals surface area contributed by atoms with Crippen molar-refractivity contribution in [2.24, 2.45) is 0 Å². The number of ether oxygens (including phenoxy) is 1. The van der Waals surface area contributed by atoms with Crippen molar-refractivity contribution >= 4 is 28.9 Å². The summed E-state index contributed by atoms with van der Waals surface area (Å²) in [6.45, 7) is 6.44. The standard InChI is InChI=1S/C24H27N3O3S/c1-24(2,3)18-12-8-16(9-13-18)22(29)25-19-14-10-17(11-15-19)23-27-26-20(31-23)6-5-7-21(28)30-4/h8-15H,5-7H2,1-4H3,(H,25,29). The molecule has 0 aliphatic rings. The first-order valence-corrected chi connectivity index (χ1v) is 11.0. The zero-order valence-electron chi connectivity index (χ0n) is 18.3. The summed E-state index contributed by atoms with van der Waals surface area (Å²) in [5.74, 6) is -0.357. The van der Waals surface area contributed by atoms with E-state index in [9.17, 15) is 9.59 Å². The van der Waals surface area contributed by atoms with Crippen LogP contribution in [0.2, 0.25) is 0 Å². The van der Waals surface area contributed by atoms with Gasteiger partial charge in [-0.2, -0.15) is 0 Å². The van der Waals surface area contributed by atoms with Crippen LogP contribution in [0.1, 0.15) is 54.5 Å². The van der Waals surface area contributed by atoms with Crippen LogP contribution in [0.25, 0.3) is 10.6 Å². The molecule has 3 rings (SSSR count). The lowest BCUT2D eigenvalue weighted by atomic mass is 9.87. The zero-order valence-corrected chi connectivity index (χ0v) is 19.1. The average Bonchev–Trinajstić information content (AvgIpc) is 3.22. The van der Waals surface area contributed by atoms with E-state index in [1.807, 2.05) is 48.5 Å². The van der Waals surface area contributed by atoms with E-state index in [0.29, 0.717) is 24.8 Å². The van der Waals surface area contributed by atoms with E-state index in [1.54, 1.807) is 0 Å². The number of anilines is 1. The average molecular weight is 438 g/mol. The first-order valence-electron chi connectivity index (χ1n) is 10.2. The molecule has 0 saturated carbocycles. The van der Waals surface area contributed by atoms with E-state index in [2.05, 4.69) is 41.0 Å². The smallest absolute Gasteiger partial charge is 0.305 e. The summed E-state index contributed by atoms with van der Waals surface area (Å²) in [6.07, 6.45) is 1.75. The van der Waals surface area contributed by atoms with Crippen LogP contribution < -0.4 is 5.32 Å². The predicted molar refractivity (Wildman–Crippen MR) is 123 cm³/mol. The van der Waals surface area contributed by atoms with Crippen LogP contribution >= 0.6 is 11.3 Å². The Bertz CT molecular complexity index is 1040. The van der Waals surface area contributed by atoms with Crippen LogP contribution in [0.3, 0.4) is 0 Å². The van der Waals surface area contributed by atoms with Gasteiger partial charge >= 0.3 is 5.97 Å². The molecular weight excluding hydrogens is 410 g/mol. The number of aryl methyl sites for hydroxylation is 1. The van der Waals surface area contributed by atoms with Gasteiger partial charge in [-0.3, -0.25) is 9.59 Å². The van der Waals surface area contributed by atoms with Gasteiger partial charge in [-0.25, -0.2) is 0 Å². The largest absolute Gasteiger partial charge is 0.469 e. The Morgan fingerprint density at radius 1 is 1.00 bits per heavy atom. The van der Waals surface area contributed by atoms with Gasteiger partial charge in [0.2, 0.25) is 0 Å². The molecule has 1 heterocycles. The van der Waals surface area contributed by atoms with Crippen LogP contribution in [0.15, 0.2) is 48.5 Å². The number of esters is 1. The van der Waals surface area contributed by atoms with Crippen molar-refractivity contribution in [3.63, 3.8) is 0 Å². The van der Waals surface area contributed by atoms with E-state index < -0.39 is 0 Å². The molecule has 0 aliphatic carbocycles. The lowest BCUT2D eigenvalue weighted by molar-refractivity contribution is -0.140. The monoisotopic (exact) mass is 437 g/mol. The molecule has 0 atom stereocenters. The molecule has 0 saturated heterocycles. The molecule has 0 fully saturated rings. The number of methoxy groups -OCH3 is 1. The normalized spacial score (nSPS) is 11.2. The molecule has 1 N–H and O–H groups in total. The summed E-state index contributed by atoms with van der Waals surface area (Å²) in [5, 5.41) is 13.1. The molecule has 1 amide bonds. The fraction of sp³-hybridized carbons (Fsp3) is 0.333. The lowest BCUT2D eigenvalue weighted by Crippen LogP contribution is -2.14. The van der Waals surface area contributed by atoms with Gasteiger partial charge in [0, 0.05) is 29.7 Å². The van der Waals surface area contributed by atoms with Gasteiger partial charge < -0.3 is 10.1 Å². The first kappa shape index (κ1) is 22.6. The summed E-state index contributed by atoms with van der Waals surface area (Å²) >= 11 is 1.50. The van der Waals surface area contributed by atoms with Crippen molar-refractivity contribution in [3.8, 4) is 10.6 Å². The molecule has 6 nitrogen and oxygen atoms in total. The fourth-order valence-corrected chi connectivity index (χ4v) is 3.87. The van der Waals surface area contributed by atoms with Crippen molar-refractivity contribution in [2.75, 3.05) is 12.4 Å². The van der Waals surface area contributed by atoms with E-state index in [-0.39, 0.29) is 17.3 Å². The van der Waals surface area contributed by atoms with E-state index in [0.717, 1.165) is 21.3 Å². The highest BCUT2D eigenvalue weighted by Gasteiger charge is 2.14. The Morgan fingerprint density at radius 3 is 2.29 bits per heavy atom. The molecule has 0 unspecified atom stereocenters. The summed E-state index contributed by atoms with van der Waals surface area (Å²) in [4.78, 5) is 23.7. The Labute approximate surface area is 186 Å². The second-order valence-electron chi connectivity index (χ2n) is 8.29. The summed E-state index contributed by atoms with van der Waals surface area (Å²) in [7, 11) is 1.39. The van der Waals surface area contributed by atoms with Crippen molar-refractivity contribution in [1.82, 2.24) is 10.2 Å². The Hall–Kier alpha value is -3.06. The van der Waals surface area contributed by atoms with Crippen molar-refractivity contribution in [3.05, 3.63) is 64.7 Å². The Balaban J connectivity index is 1.59. The van der Waals surface area contributed by atoms with Crippen molar-refractivity contribution in [1.29, 1.82) is 0 Å². The van der Waals surface area contributed by atoms with Gasteiger partial charge in [-0.1, -0.05) is 44.2 Å². The van der Waals surface area contributed by atoms with E-state index in [1.165, 1.54) is 24.0 Å². The molecule has 1 aromatic heterocycles. The van der Waals surface area contributed by atoms with Gasteiger partial charge in [0.15, 0.2) is 0 Å². The minimum atomic E-state index is -0.215. The minimum Gasteiger partial charge on any atom is -0.469 e. The third-order valence-corrected chi connectivity index (χ3v) is 5.90. The van der Waals surface area contributed by atoms with Gasteiger partial charge in [0.25, 0.3) is 5.91 Å². The highest BCUT2D eigenvalue weighted by Crippen LogP contribution is 2.26. The quantitative estimate of drug-likeness (QED) is 0.511. The summed E-state index contributed by atoms with van der Waals surface area (Å²) in [6, 6.07) is 15.2. The molecule has 31 heavy (non-hydrogen) atoms. The topological polar surface area (TPSA) is 81.2 Å². The zero-order chi connectivity index (χ0) is 22.4. The predicted octanol–water partition coefficient (Wildman–Crippen LogP) is 5.25. The van der Waals surface area contributed by atoms with Gasteiger partial charge in [-0.15, -0.1) is 10.2 Å². The number of hydrogen-bond acceptors (Lipinski definition) is 6. The molecular formula is C24H27N3O3S. The summed E-state index contributed by atoms with van der Waals surface area (Å²) in [5.41, 5.74) is 3.52. The molecule has 0 radical (unpaired) electrons. The number of aromatic nitrogens is 2. The molecule has 0 aliphatic heterocycles. The van der Waals surface area contributed by atoms with Crippen LogP contribution in [0.4, 0.5) is 5.69 Å². The number of carbonyl (C=O) groups excluding carboxylic acids is 2. The molecule has 2 aromatic carbocycles. The van der Waals surface area contributed by atoms with Gasteiger partial charge in [-0.05, 0) is 53.8 Å². The number of nitrogens with zero attached hydrogens (tertiary/aromatic N) is 2. The molecule has 162 valence electrons. The van der Waals surface area contributed by atoms with Crippen molar-refractivity contribution in [2.45, 2.75) is 45.4 Å². The molecule has 7 heteroatoms. The maximum atomic E-state index is 12.5. The summed E-state index contributed by atoms with van der Waals surface area (Å²) < 4.78 is 4.65. The number of hydrogen-bond donors (Lipinski definition) is 1. The lowest BCUT2D eigenvalue weighted by Gasteiger charge is -2.19. The number of carbonyl (C=O) groups is 2. The molecule has 3 aromatic rings. The Kier molecular flexibility index (Phi) is 7.17. The Morgan fingerprint density at radius 2 is 1.68 bits per heavy atom. The van der Waals surface area contributed by atoms with Gasteiger partial charge in [0.05, 0.1) is 7.11 Å². The number of nitrogens with one attached hydrogen (secondary N) is 1. The molecule has 0 spiro atoms. The van der Waals surface area contributed by atoms with E-state index in [4.69, 9.17) is 0 Å². The third kappa shape index (κ3) is 6.21. The van der Waals surface area contributed by atoms with Crippen LogP contribution in [-0.2, 0) is 21.4 Å². The maximum Gasteiger partial charge on any atom is 0.305 e. The first-order chi connectivity index (χ1) is 14.8. The van der Waals surface area contributed by atoms with Crippen LogP contribution in [0.5, 0.6) is 0 Å². The second kappa shape index (κ2) is 9.83. The maximum absolute atomic E-state index is 12.5. The minimum absolute atomic E-state index is 0.0523. The number of benzene rings is 2. The number of amides is 1. The van der Waals surface area contributed by atoms with Crippen LogP contribution in [0, 0.1) is 0 Å². The SMILES string of the molecule is COC(=O)CCCc1nnc(-c2ccc(NC(=O)c3ccc(C(C)(C)C)cc3)cc2)s1. The van der Waals surface area contributed by atoms with Crippen LogP contribution in [-0.4, -0.2) is 29.2 Å². The molecule has 0 bridgehead atoms. The van der Waals surface area contributed by atoms with Gasteiger partial charge in [0.1, 0.15) is 10.0 Å². The van der Waals surface area contributed by atoms with Crippen molar-refractivity contribution < 1.29 is 14.3 Å². The highest BCUT2D eigenvalue weighted by molar-refractivity contribution is 7.14.